The maximum Gasteiger partial charge on any atom is 0.307 e. The van der Waals surface area contributed by atoms with Crippen LogP contribution in [0.25, 0.3) is 0 Å². The van der Waals surface area contributed by atoms with Crippen molar-refractivity contribution < 1.29 is 28.2 Å². The van der Waals surface area contributed by atoms with E-state index in [1.165, 1.54) is 26.4 Å². The van der Waals surface area contributed by atoms with Gasteiger partial charge in [-0.15, -0.1) is 0 Å². The number of halogens is 2. The minimum absolute atomic E-state index is 0.261. The van der Waals surface area contributed by atoms with Crippen molar-refractivity contribution in [2.24, 2.45) is 5.92 Å². The van der Waals surface area contributed by atoms with Crippen LogP contribution in [-0.2, 0) is 4.79 Å². The zero-order chi connectivity index (χ0) is 20.3. The van der Waals surface area contributed by atoms with Crippen LogP contribution in [0.4, 0.5) is 8.78 Å². The lowest BCUT2D eigenvalue weighted by Gasteiger charge is -2.38. The van der Waals surface area contributed by atoms with Gasteiger partial charge in [-0.25, -0.2) is 8.78 Å². The summed E-state index contributed by atoms with van der Waals surface area (Å²) in [5, 5.41) is 9.46. The maximum atomic E-state index is 14.8. The minimum Gasteiger partial charge on any atom is -0.497 e. The summed E-state index contributed by atoms with van der Waals surface area (Å²) in [5.41, 5.74) is 0.900. The molecule has 2 aromatic rings. The molecule has 1 aliphatic heterocycles. The lowest BCUT2D eigenvalue weighted by atomic mass is 9.90. The molecule has 0 bridgehead atoms. The van der Waals surface area contributed by atoms with Gasteiger partial charge in [0.1, 0.15) is 23.1 Å². The van der Waals surface area contributed by atoms with E-state index in [1.54, 1.807) is 18.2 Å². The van der Waals surface area contributed by atoms with Crippen LogP contribution >= 0.6 is 0 Å². The Morgan fingerprint density at radius 3 is 2.57 bits per heavy atom. The largest absolute Gasteiger partial charge is 0.497 e. The van der Waals surface area contributed by atoms with Gasteiger partial charge in [0.15, 0.2) is 0 Å². The fourth-order valence-electron chi connectivity index (χ4n) is 3.78. The fourth-order valence-corrected chi connectivity index (χ4v) is 3.78. The first-order valence-corrected chi connectivity index (χ1v) is 9.08. The monoisotopic (exact) mass is 391 g/mol. The van der Waals surface area contributed by atoms with Crippen LogP contribution in [0.2, 0.25) is 0 Å². The quantitative estimate of drug-likeness (QED) is 0.810. The van der Waals surface area contributed by atoms with Gasteiger partial charge in [-0.1, -0.05) is 6.07 Å². The summed E-state index contributed by atoms with van der Waals surface area (Å²) in [7, 11) is 3.04. The van der Waals surface area contributed by atoms with Gasteiger partial charge >= 0.3 is 5.97 Å². The zero-order valence-electron chi connectivity index (χ0n) is 15.8. The van der Waals surface area contributed by atoms with Crippen LogP contribution in [0.15, 0.2) is 36.4 Å². The summed E-state index contributed by atoms with van der Waals surface area (Å²) in [5.74, 6) is -1.69. The second-order valence-corrected chi connectivity index (χ2v) is 6.85. The molecule has 0 aliphatic carbocycles. The Hall–Kier alpha value is -2.67. The summed E-state index contributed by atoms with van der Waals surface area (Å²) in [6.07, 6.45) is 1.24. The molecule has 0 spiro atoms. The van der Waals surface area contributed by atoms with E-state index < -0.39 is 29.6 Å². The second kappa shape index (κ2) is 8.56. The van der Waals surface area contributed by atoms with Crippen molar-refractivity contribution in [3.8, 4) is 11.5 Å². The van der Waals surface area contributed by atoms with E-state index in [1.807, 2.05) is 4.90 Å². The van der Waals surface area contributed by atoms with Gasteiger partial charge in [-0.3, -0.25) is 9.69 Å². The Bertz CT molecular complexity index is 858. The van der Waals surface area contributed by atoms with Crippen LogP contribution in [0.1, 0.15) is 30.0 Å². The smallest absolute Gasteiger partial charge is 0.307 e. The average Bonchev–Trinajstić information content (AvgIpc) is 2.70. The standard InChI is InChI=1S/C21H23F2NO4/c1-27-15-6-8-19(28-2)17(11-15)20(16-7-5-14(22)10-18(16)23)24-9-3-4-13(12-24)21(25)26/h5-8,10-11,13,20H,3-4,9,12H2,1-2H3,(H,25,26). The first-order chi connectivity index (χ1) is 13.4. The summed E-state index contributed by atoms with van der Waals surface area (Å²) in [6.45, 7) is 0.850. The number of hydrogen-bond acceptors (Lipinski definition) is 4. The molecule has 1 heterocycles. The summed E-state index contributed by atoms with van der Waals surface area (Å²) in [6, 6.07) is 8.02. The predicted octanol–water partition coefficient (Wildman–Crippen LogP) is 3.87. The number of nitrogens with zero attached hydrogens (tertiary/aromatic N) is 1. The molecule has 0 amide bonds. The van der Waals surface area contributed by atoms with E-state index >= 15 is 0 Å². The molecule has 150 valence electrons. The van der Waals surface area contributed by atoms with Crippen LogP contribution in [0.5, 0.6) is 11.5 Å². The number of benzene rings is 2. The lowest BCUT2D eigenvalue weighted by Crippen LogP contribution is -2.41. The van der Waals surface area contributed by atoms with Crippen LogP contribution in [-0.4, -0.2) is 43.3 Å². The average molecular weight is 391 g/mol. The van der Waals surface area contributed by atoms with Crippen molar-refractivity contribution in [1.29, 1.82) is 0 Å². The van der Waals surface area contributed by atoms with Gasteiger partial charge in [0.2, 0.25) is 0 Å². The third-order valence-electron chi connectivity index (χ3n) is 5.16. The molecule has 0 aromatic heterocycles. The number of carboxylic acids is 1. The molecule has 1 aliphatic rings. The normalized spacial score (nSPS) is 18.5. The van der Waals surface area contributed by atoms with E-state index in [0.29, 0.717) is 36.4 Å². The molecule has 2 atom stereocenters. The molecule has 2 aromatic carbocycles. The van der Waals surface area contributed by atoms with E-state index in [2.05, 4.69) is 0 Å². The molecular formula is C21H23F2NO4. The van der Waals surface area contributed by atoms with Crippen molar-refractivity contribution in [2.45, 2.75) is 18.9 Å². The number of rotatable bonds is 6. The number of carbonyl (C=O) groups is 1. The van der Waals surface area contributed by atoms with Crippen LogP contribution in [0.3, 0.4) is 0 Å². The molecule has 2 unspecified atom stereocenters. The highest BCUT2D eigenvalue weighted by Gasteiger charge is 2.34. The second-order valence-electron chi connectivity index (χ2n) is 6.85. The van der Waals surface area contributed by atoms with Gasteiger partial charge in [0.25, 0.3) is 0 Å². The Kier molecular flexibility index (Phi) is 6.14. The van der Waals surface area contributed by atoms with Crippen molar-refractivity contribution >= 4 is 5.97 Å². The van der Waals surface area contributed by atoms with E-state index in [9.17, 15) is 18.7 Å². The Labute approximate surface area is 162 Å². The molecule has 28 heavy (non-hydrogen) atoms. The zero-order valence-corrected chi connectivity index (χ0v) is 15.8. The Balaban J connectivity index is 2.13. The molecule has 5 nitrogen and oxygen atoms in total. The summed E-state index contributed by atoms with van der Waals surface area (Å²) in [4.78, 5) is 13.4. The predicted molar refractivity (Wildman–Crippen MR) is 99.7 cm³/mol. The Morgan fingerprint density at radius 2 is 1.93 bits per heavy atom. The molecule has 0 saturated carbocycles. The molecule has 1 saturated heterocycles. The van der Waals surface area contributed by atoms with Gasteiger partial charge in [-0.05, 0) is 43.7 Å². The van der Waals surface area contributed by atoms with Gasteiger partial charge in [0.05, 0.1) is 26.2 Å². The molecule has 3 rings (SSSR count). The SMILES string of the molecule is COc1ccc(OC)c(C(c2ccc(F)cc2F)N2CCCC(C(=O)O)C2)c1. The molecule has 7 heteroatoms. The lowest BCUT2D eigenvalue weighted by molar-refractivity contribution is -0.143. The highest BCUT2D eigenvalue weighted by molar-refractivity contribution is 5.70. The van der Waals surface area contributed by atoms with Crippen LogP contribution in [0, 0.1) is 17.6 Å². The highest BCUT2D eigenvalue weighted by Crippen LogP contribution is 2.40. The van der Waals surface area contributed by atoms with Crippen LogP contribution < -0.4 is 9.47 Å². The summed E-state index contributed by atoms with van der Waals surface area (Å²) < 4.78 is 39.1. The third kappa shape index (κ3) is 4.09. The minimum atomic E-state index is -0.874. The van der Waals surface area contributed by atoms with Crippen molar-refractivity contribution in [2.75, 3.05) is 27.3 Å². The highest BCUT2D eigenvalue weighted by atomic mass is 19.1. The number of piperidine rings is 1. The first kappa shape index (κ1) is 20.1. The topological polar surface area (TPSA) is 59.0 Å². The number of ether oxygens (including phenoxy) is 2. The maximum absolute atomic E-state index is 14.8. The fraction of sp³-hybridized carbons (Fsp3) is 0.381. The number of methoxy groups -OCH3 is 2. The molecular weight excluding hydrogens is 368 g/mol. The number of likely N-dealkylation sites (tertiary alicyclic amines) is 1. The van der Waals surface area contributed by atoms with Crippen molar-refractivity contribution in [3.63, 3.8) is 0 Å². The van der Waals surface area contributed by atoms with Crippen molar-refractivity contribution in [3.05, 3.63) is 59.2 Å². The number of carboxylic acid groups (broad SMARTS) is 1. The van der Waals surface area contributed by atoms with E-state index in [-0.39, 0.29) is 12.1 Å². The number of aliphatic carboxylic acids is 1. The number of hydrogen-bond donors (Lipinski definition) is 1. The molecule has 0 radical (unpaired) electrons. The van der Waals surface area contributed by atoms with E-state index in [4.69, 9.17) is 9.47 Å². The van der Waals surface area contributed by atoms with E-state index in [0.717, 1.165) is 6.07 Å². The molecule has 1 N–H and O–H groups in total. The molecule has 1 fully saturated rings. The Morgan fingerprint density at radius 1 is 1.14 bits per heavy atom. The van der Waals surface area contributed by atoms with Gasteiger partial charge < -0.3 is 14.6 Å². The van der Waals surface area contributed by atoms with Gasteiger partial charge in [-0.2, -0.15) is 0 Å². The van der Waals surface area contributed by atoms with Gasteiger partial charge in [0, 0.05) is 23.7 Å². The third-order valence-corrected chi connectivity index (χ3v) is 5.16. The summed E-state index contributed by atoms with van der Waals surface area (Å²) >= 11 is 0. The van der Waals surface area contributed by atoms with Crippen molar-refractivity contribution in [1.82, 2.24) is 4.90 Å². The first-order valence-electron chi connectivity index (χ1n) is 9.08.